The van der Waals surface area contributed by atoms with Gasteiger partial charge < -0.3 is 9.47 Å². The van der Waals surface area contributed by atoms with Crippen molar-refractivity contribution in [3.8, 4) is 0 Å². The number of allylic oxidation sites excluding steroid dienone is 2. The fourth-order valence-corrected chi connectivity index (χ4v) is 7.38. The number of benzene rings is 3. The van der Waals surface area contributed by atoms with Crippen LogP contribution < -0.4 is 0 Å². The van der Waals surface area contributed by atoms with E-state index in [2.05, 4.69) is 0 Å². The molecule has 2 saturated carbocycles. The quantitative estimate of drug-likeness (QED) is 0.125. The summed E-state index contributed by atoms with van der Waals surface area (Å²) in [5, 5.41) is 0. The highest BCUT2D eigenvalue weighted by molar-refractivity contribution is 5.34. The molecule has 1 heterocycles. The molecule has 1 saturated heterocycles. The van der Waals surface area contributed by atoms with E-state index in [-0.39, 0.29) is 47.7 Å². The number of hydrogen-bond donors (Lipinski definition) is 0. The number of epoxide rings is 1. The molecule has 2 aliphatic carbocycles. The second-order valence-corrected chi connectivity index (χ2v) is 13.0. The predicted molar refractivity (Wildman–Crippen MR) is 165 cm³/mol. The molecule has 0 amide bonds. The number of rotatable bonds is 10. The van der Waals surface area contributed by atoms with Gasteiger partial charge in [-0.2, -0.15) is 0 Å². The van der Waals surface area contributed by atoms with E-state index in [9.17, 15) is 17.6 Å². The van der Waals surface area contributed by atoms with Gasteiger partial charge in [-0.05, 0) is 111 Å². The summed E-state index contributed by atoms with van der Waals surface area (Å²) in [6, 6.07) is 9.77. The van der Waals surface area contributed by atoms with Crippen molar-refractivity contribution in [1.82, 2.24) is 0 Å². The Morgan fingerprint density at radius 2 is 1.04 bits per heavy atom. The molecule has 3 aliphatic rings. The van der Waals surface area contributed by atoms with Crippen molar-refractivity contribution < 1.29 is 35.8 Å². The molecule has 0 N–H and O–H groups in total. The Hall–Kier alpha value is -3.10. The van der Waals surface area contributed by atoms with Gasteiger partial charge in [-0.3, -0.25) is 0 Å². The molecule has 6 rings (SSSR count). The lowest BCUT2D eigenvalue weighted by atomic mass is 9.75. The van der Waals surface area contributed by atoms with Gasteiger partial charge in [0, 0.05) is 11.1 Å². The molecule has 0 radical (unpaired) electrons. The standard InChI is InChI=1S/C38H40F6O2/c1-2-3-4-5-25-12-16-28(35(41)33(25)39)24-10-14-27(15-11-24)45-20-26-13-17-29(36(42)34(26)40)22-6-8-23(9-7-22)30-18-19-31(32-21-46-32)38(44)37(30)43/h2-3,12-13,16-19,22-24,27,32H,4-11,14-15,20-21H2,1H3/b3-2+. The zero-order valence-corrected chi connectivity index (χ0v) is 26.1. The first-order valence-electron chi connectivity index (χ1n) is 16.5. The van der Waals surface area contributed by atoms with Crippen LogP contribution in [0, 0.1) is 34.9 Å². The van der Waals surface area contributed by atoms with E-state index < -0.39 is 34.9 Å². The molecule has 0 spiro atoms. The third kappa shape index (κ3) is 6.93. The third-order valence-corrected chi connectivity index (χ3v) is 10.2. The lowest BCUT2D eigenvalue weighted by Gasteiger charge is -2.30. The van der Waals surface area contributed by atoms with Crippen LogP contribution >= 0.6 is 0 Å². The van der Waals surface area contributed by atoms with Crippen molar-refractivity contribution in [2.24, 2.45) is 0 Å². The van der Waals surface area contributed by atoms with Crippen LogP contribution in [0.1, 0.15) is 122 Å². The van der Waals surface area contributed by atoms with E-state index >= 15 is 8.78 Å². The Labute approximate surface area is 266 Å². The highest BCUT2D eigenvalue weighted by Gasteiger charge is 2.33. The van der Waals surface area contributed by atoms with Gasteiger partial charge in [0.2, 0.25) is 0 Å². The van der Waals surface area contributed by atoms with Crippen molar-refractivity contribution in [2.75, 3.05) is 6.61 Å². The smallest absolute Gasteiger partial charge is 0.165 e. The predicted octanol–water partition coefficient (Wildman–Crippen LogP) is 10.8. The summed E-state index contributed by atoms with van der Waals surface area (Å²) in [5.41, 5.74) is 1.78. The molecule has 0 aromatic heterocycles. The first-order chi connectivity index (χ1) is 22.3. The maximum absolute atomic E-state index is 15.3. The van der Waals surface area contributed by atoms with E-state index in [4.69, 9.17) is 9.47 Å². The molecule has 46 heavy (non-hydrogen) atoms. The average molecular weight is 643 g/mol. The van der Waals surface area contributed by atoms with Gasteiger partial charge >= 0.3 is 0 Å². The molecule has 3 fully saturated rings. The highest BCUT2D eigenvalue weighted by Crippen LogP contribution is 2.44. The summed E-state index contributed by atoms with van der Waals surface area (Å²) in [7, 11) is 0. The first-order valence-corrected chi connectivity index (χ1v) is 16.5. The number of hydrogen-bond acceptors (Lipinski definition) is 2. The number of halogens is 6. The van der Waals surface area contributed by atoms with Gasteiger partial charge in [0.25, 0.3) is 0 Å². The van der Waals surface area contributed by atoms with Crippen LogP contribution in [0.4, 0.5) is 26.3 Å². The van der Waals surface area contributed by atoms with Crippen molar-refractivity contribution in [3.63, 3.8) is 0 Å². The lowest BCUT2D eigenvalue weighted by molar-refractivity contribution is 0.0116. The van der Waals surface area contributed by atoms with E-state index in [1.807, 2.05) is 19.1 Å². The molecule has 3 aromatic rings. The Balaban J connectivity index is 1.01. The molecule has 1 aliphatic heterocycles. The van der Waals surface area contributed by atoms with Gasteiger partial charge in [-0.15, -0.1) is 0 Å². The van der Waals surface area contributed by atoms with Crippen LogP contribution in [0.5, 0.6) is 0 Å². The van der Waals surface area contributed by atoms with Gasteiger partial charge in [0.1, 0.15) is 6.10 Å². The maximum Gasteiger partial charge on any atom is 0.165 e. The molecular formula is C38H40F6O2. The summed E-state index contributed by atoms with van der Waals surface area (Å²) < 4.78 is 100. The summed E-state index contributed by atoms with van der Waals surface area (Å²) in [6.45, 7) is 2.21. The minimum Gasteiger partial charge on any atom is -0.373 e. The summed E-state index contributed by atoms with van der Waals surface area (Å²) in [6.07, 6.45) is 9.00. The summed E-state index contributed by atoms with van der Waals surface area (Å²) in [4.78, 5) is 0. The lowest BCUT2D eigenvalue weighted by Crippen LogP contribution is -2.22. The van der Waals surface area contributed by atoms with Crippen LogP contribution in [-0.4, -0.2) is 12.7 Å². The Kier molecular flexibility index (Phi) is 10.2. The van der Waals surface area contributed by atoms with Crippen LogP contribution in [0.2, 0.25) is 0 Å². The van der Waals surface area contributed by atoms with Gasteiger partial charge in [0.05, 0.1) is 19.3 Å². The second-order valence-electron chi connectivity index (χ2n) is 13.0. The van der Waals surface area contributed by atoms with Crippen molar-refractivity contribution >= 4 is 0 Å². The second kappa shape index (κ2) is 14.3. The fraction of sp³-hybridized carbons (Fsp3) is 0.474. The molecular weight excluding hydrogens is 602 g/mol. The largest absolute Gasteiger partial charge is 0.373 e. The highest BCUT2D eigenvalue weighted by atomic mass is 19.2. The summed E-state index contributed by atoms with van der Waals surface area (Å²) >= 11 is 0. The van der Waals surface area contributed by atoms with Crippen molar-refractivity contribution in [2.45, 2.75) is 108 Å². The van der Waals surface area contributed by atoms with Crippen molar-refractivity contribution in [1.29, 1.82) is 0 Å². The molecule has 246 valence electrons. The van der Waals surface area contributed by atoms with Gasteiger partial charge in [-0.1, -0.05) is 48.6 Å². The maximum atomic E-state index is 15.3. The SMILES string of the molecule is C/C=C/CCc1ccc(C2CCC(OCc3ccc(C4CCC(c5ccc(C6CO6)c(F)c5F)CC4)c(F)c3F)CC2)c(F)c1F. The zero-order chi connectivity index (χ0) is 32.4. The Bertz CT molecular complexity index is 1570. The molecule has 3 aromatic carbocycles. The van der Waals surface area contributed by atoms with E-state index in [1.54, 1.807) is 36.4 Å². The Morgan fingerprint density at radius 1 is 0.609 bits per heavy atom. The van der Waals surface area contributed by atoms with Crippen LogP contribution in [0.25, 0.3) is 0 Å². The van der Waals surface area contributed by atoms with E-state index in [0.717, 1.165) is 0 Å². The molecule has 1 unspecified atom stereocenters. The minimum atomic E-state index is -0.925. The van der Waals surface area contributed by atoms with Crippen LogP contribution in [0.15, 0.2) is 48.6 Å². The monoisotopic (exact) mass is 642 g/mol. The molecule has 0 bridgehead atoms. The fourth-order valence-electron chi connectivity index (χ4n) is 7.38. The summed E-state index contributed by atoms with van der Waals surface area (Å²) in [5.74, 6) is -5.55. The van der Waals surface area contributed by atoms with Crippen molar-refractivity contribution in [3.05, 3.63) is 117 Å². The van der Waals surface area contributed by atoms with Gasteiger partial charge in [-0.25, -0.2) is 26.3 Å². The topological polar surface area (TPSA) is 21.8 Å². The molecule has 8 heteroatoms. The number of aryl methyl sites for hydroxylation is 1. The third-order valence-electron chi connectivity index (χ3n) is 10.2. The minimum absolute atomic E-state index is 0.0816. The zero-order valence-electron chi connectivity index (χ0n) is 26.1. The average Bonchev–Trinajstić information content (AvgIpc) is 3.91. The van der Waals surface area contributed by atoms with E-state index in [0.29, 0.717) is 93.1 Å². The van der Waals surface area contributed by atoms with Crippen LogP contribution in [-0.2, 0) is 22.5 Å². The first kappa shape index (κ1) is 32.8. The normalized spacial score (nSPS) is 24.9. The van der Waals surface area contributed by atoms with Gasteiger partial charge in [0.15, 0.2) is 34.9 Å². The van der Waals surface area contributed by atoms with E-state index in [1.165, 1.54) is 0 Å². The Morgan fingerprint density at radius 3 is 1.59 bits per heavy atom. The number of ether oxygens (including phenoxy) is 2. The molecule has 2 nitrogen and oxygen atoms in total. The van der Waals surface area contributed by atoms with Crippen LogP contribution in [0.3, 0.4) is 0 Å². The molecule has 1 atom stereocenters.